The molecule has 1 aliphatic heterocycles. The first-order valence-electron chi connectivity index (χ1n) is 9.86. The Balaban J connectivity index is 2.18. The third-order valence-electron chi connectivity index (χ3n) is 4.95. The van der Waals surface area contributed by atoms with Crippen molar-refractivity contribution in [1.82, 2.24) is 0 Å². The number of unbranched alkanes of at least 4 members (excludes halogenated alkanes) is 9. The molecule has 1 heterocycles. The highest BCUT2D eigenvalue weighted by Gasteiger charge is 2.36. The molecule has 0 aromatic rings. The van der Waals surface area contributed by atoms with Gasteiger partial charge in [-0.2, -0.15) is 4.89 Å². The molecule has 0 saturated heterocycles. The highest BCUT2D eigenvalue weighted by molar-refractivity contribution is 5.70. The van der Waals surface area contributed by atoms with E-state index >= 15 is 0 Å². The van der Waals surface area contributed by atoms with Crippen LogP contribution in [0.1, 0.15) is 84.5 Å². The summed E-state index contributed by atoms with van der Waals surface area (Å²) in [6, 6.07) is 0. The molecule has 146 valence electrons. The molecular weight excluding hydrogens is 320 g/mol. The standard InChI is InChI=1S/C20H36O5/c1-4-5-6-7-8-9-10-11-12-13-15-20(23-3)16-14-18(24-25-20)17(2)19(21)22/h14,16-18H,4-13,15H2,1-3H3,(H,21,22). The number of hydrogen-bond acceptors (Lipinski definition) is 4. The first-order chi connectivity index (χ1) is 12.0. The van der Waals surface area contributed by atoms with Gasteiger partial charge in [0.25, 0.3) is 0 Å². The predicted octanol–water partition coefficient (Wildman–Crippen LogP) is 5.25. The smallest absolute Gasteiger partial charge is 0.309 e. The lowest BCUT2D eigenvalue weighted by atomic mass is 10.00. The van der Waals surface area contributed by atoms with Crippen molar-refractivity contribution in [3.63, 3.8) is 0 Å². The molecule has 5 heteroatoms. The zero-order valence-corrected chi connectivity index (χ0v) is 16.2. The number of carbonyl (C=O) groups is 1. The average molecular weight is 357 g/mol. The molecule has 3 unspecified atom stereocenters. The van der Waals surface area contributed by atoms with E-state index in [1.807, 2.05) is 0 Å². The van der Waals surface area contributed by atoms with Crippen molar-refractivity contribution >= 4 is 5.97 Å². The van der Waals surface area contributed by atoms with Gasteiger partial charge in [0.2, 0.25) is 5.79 Å². The van der Waals surface area contributed by atoms with Crippen LogP contribution in [0.3, 0.4) is 0 Å². The van der Waals surface area contributed by atoms with Crippen LogP contribution in [-0.4, -0.2) is 30.1 Å². The van der Waals surface area contributed by atoms with Crippen LogP contribution < -0.4 is 0 Å². The quantitative estimate of drug-likeness (QED) is 0.262. The number of hydrogen-bond donors (Lipinski definition) is 1. The van der Waals surface area contributed by atoms with Crippen molar-refractivity contribution < 1.29 is 24.4 Å². The Morgan fingerprint density at radius 2 is 1.68 bits per heavy atom. The summed E-state index contributed by atoms with van der Waals surface area (Å²) in [6.07, 6.45) is 16.4. The van der Waals surface area contributed by atoms with Crippen molar-refractivity contribution in [2.75, 3.05) is 7.11 Å². The minimum absolute atomic E-state index is 0.575. The van der Waals surface area contributed by atoms with E-state index in [0.29, 0.717) is 6.42 Å². The SMILES string of the molecule is CCCCCCCCCCCCC1(OC)C=CC(C(C)C(=O)O)OO1. The molecule has 0 aliphatic carbocycles. The van der Waals surface area contributed by atoms with Gasteiger partial charge in [-0.3, -0.25) is 4.79 Å². The van der Waals surface area contributed by atoms with Crippen LogP contribution in [-0.2, 0) is 19.3 Å². The lowest BCUT2D eigenvalue weighted by Crippen LogP contribution is -2.40. The van der Waals surface area contributed by atoms with E-state index in [0.717, 1.165) is 12.8 Å². The van der Waals surface area contributed by atoms with Gasteiger partial charge < -0.3 is 9.84 Å². The lowest BCUT2D eigenvalue weighted by Gasteiger charge is -2.34. The molecule has 25 heavy (non-hydrogen) atoms. The Labute approximate surface area is 152 Å². The molecule has 3 atom stereocenters. The van der Waals surface area contributed by atoms with Gasteiger partial charge in [-0.25, -0.2) is 4.89 Å². The molecule has 0 aromatic heterocycles. The largest absolute Gasteiger partial charge is 0.481 e. The summed E-state index contributed by atoms with van der Waals surface area (Å²) in [6.45, 7) is 3.85. The fourth-order valence-electron chi connectivity index (χ4n) is 3.02. The van der Waals surface area contributed by atoms with Gasteiger partial charge >= 0.3 is 5.97 Å². The van der Waals surface area contributed by atoms with E-state index < -0.39 is 23.8 Å². The third kappa shape index (κ3) is 8.34. The van der Waals surface area contributed by atoms with Crippen LogP contribution in [0.2, 0.25) is 0 Å². The van der Waals surface area contributed by atoms with E-state index in [9.17, 15) is 4.79 Å². The summed E-state index contributed by atoms with van der Waals surface area (Å²) in [5.41, 5.74) is 0. The van der Waals surface area contributed by atoms with Crippen molar-refractivity contribution in [3.8, 4) is 0 Å². The highest BCUT2D eigenvalue weighted by atomic mass is 17.2. The average Bonchev–Trinajstić information content (AvgIpc) is 2.63. The van der Waals surface area contributed by atoms with Gasteiger partial charge in [0, 0.05) is 13.5 Å². The molecule has 1 rings (SSSR count). The molecule has 1 N–H and O–H groups in total. The Morgan fingerprint density at radius 1 is 1.12 bits per heavy atom. The Morgan fingerprint density at radius 3 is 2.12 bits per heavy atom. The maximum absolute atomic E-state index is 11.0. The molecule has 0 radical (unpaired) electrons. The van der Waals surface area contributed by atoms with Crippen molar-refractivity contribution in [3.05, 3.63) is 12.2 Å². The molecule has 0 bridgehead atoms. The summed E-state index contributed by atoms with van der Waals surface area (Å²) in [4.78, 5) is 21.7. The second-order valence-electron chi connectivity index (χ2n) is 7.08. The zero-order chi connectivity index (χ0) is 18.5. The molecular formula is C20H36O5. The van der Waals surface area contributed by atoms with Gasteiger partial charge in [-0.05, 0) is 19.4 Å². The minimum Gasteiger partial charge on any atom is -0.481 e. The van der Waals surface area contributed by atoms with Crippen LogP contribution in [0.15, 0.2) is 12.2 Å². The Hall–Kier alpha value is -0.910. The Kier molecular flexibility index (Phi) is 11.0. The maximum atomic E-state index is 11.0. The van der Waals surface area contributed by atoms with Gasteiger partial charge in [-0.1, -0.05) is 70.8 Å². The molecule has 0 aromatic carbocycles. The van der Waals surface area contributed by atoms with Crippen molar-refractivity contribution in [2.24, 2.45) is 5.92 Å². The minimum atomic E-state index is -0.905. The topological polar surface area (TPSA) is 65.0 Å². The summed E-state index contributed by atoms with van der Waals surface area (Å²) >= 11 is 0. The van der Waals surface area contributed by atoms with E-state index in [1.54, 1.807) is 26.2 Å². The number of carboxylic acid groups (broad SMARTS) is 1. The first-order valence-corrected chi connectivity index (χ1v) is 9.86. The van der Waals surface area contributed by atoms with Crippen LogP contribution in [0.5, 0.6) is 0 Å². The highest BCUT2D eigenvalue weighted by Crippen LogP contribution is 2.29. The molecule has 0 saturated carbocycles. The van der Waals surface area contributed by atoms with E-state index in [-0.39, 0.29) is 0 Å². The second kappa shape index (κ2) is 12.4. The van der Waals surface area contributed by atoms with E-state index in [1.165, 1.54) is 51.4 Å². The van der Waals surface area contributed by atoms with Crippen molar-refractivity contribution in [2.45, 2.75) is 96.4 Å². The molecule has 0 spiro atoms. The number of aliphatic carboxylic acids is 1. The Bertz CT molecular complexity index is 396. The number of ether oxygens (including phenoxy) is 1. The van der Waals surface area contributed by atoms with E-state index in [4.69, 9.17) is 19.6 Å². The molecule has 0 fully saturated rings. The lowest BCUT2D eigenvalue weighted by molar-refractivity contribution is -0.432. The van der Waals surface area contributed by atoms with Crippen molar-refractivity contribution in [1.29, 1.82) is 0 Å². The third-order valence-corrected chi connectivity index (χ3v) is 4.95. The summed E-state index contributed by atoms with van der Waals surface area (Å²) in [5.74, 6) is -2.43. The fraction of sp³-hybridized carbons (Fsp3) is 0.850. The van der Waals surface area contributed by atoms with Gasteiger partial charge in [0.15, 0.2) is 0 Å². The number of methoxy groups -OCH3 is 1. The van der Waals surface area contributed by atoms with Crippen LogP contribution in [0.4, 0.5) is 0 Å². The monoisotopic (exact) mass is 356 g/mol. The van der Waals surface area contributed by atoms with Gasteiger partial charge in [0.1, 0.15) is 6.10 Å². The first kappa shape index (κ1) is 22.1. The molecule has 1 aliphatic rings. The van der Waals surface area contributed by atoms with Crippen LogP contribution in [0.25, 0.3) is 0 Å². The number of carboxylic acids is 1. The predicted molar refractivity (Wildman–Crippen MR) is 98.1 cm³/mol. The summed E-state index contributed by atoms with van der Waals surface area (Å²) in [5, 5.41) is 9.03. The summed E-state index contributed by atoms with van der Waals surface area (Å²) < 4.78 is 5.47. The fourth-order valence-corrected chi connectivity index (χ4v) is 3.02. The van der Waals surface area contributed by atoms with Crippen LogP contribution in [0, 0.1) is 5.92 Å². The van der Waals surface area contributed by atoms with E-state index in [2.05, 4.69) is 6.92 Å². The van der Waals surface area contributed by atoms with Gasteiger partial charge in [0.05, 0.1) is 5.92 Å². The van der Waals surface area contributed by atoms with Gasteiger partial charge in [-0.15, -0.1) is 0 Å². The summed E-state index contributed by atoms with van der Waals surface area (Å²) in [7, 11) is 1.59. The maximum Gasteiger partial charge on any atom is 0.309 e. The number of rotatable bonds is 14. The zero-order valence-electron chi connectivity index (χ0n) is 16.2. The normalized spacial score (nSPS) is 24.4. The van der Waals surface area contributed by atoms with Crippen LogP contribution >= 0.6 is 0 Å². The molecule has 5 nitrogen and oxygen atoms in total. The molecule has 0 amide bonds. The second-order valence-corrected chi connectivity index (χ2v) is 7.08.